The number of unbranched alkanes of at least 4 members (excludes halogenated alkanes) is 2. The topological polar surface area (TPSA) is 18.5 Å². The maximum atomic E-state index is 5.78. The van der Waals surface area contributed by atoms with Gasteiger partial charge in [0.05, 0.1) is 0 Å². The fraction of sp³-hybridized carbons (Fsp3) is 0.286. The SMILES string of the molecule is CCCC=CCOc1ccc(-c2ccc(-c3ccc(OCC=CCCC)cc3)s2)cc1. The molecular formula is C28H32O2S. The highest BCUT2D eigenvalue weighted by Gasteiger charge is 2.06. The minimum absolute atomic E-state index is 0.622. The van der Waals surface area contributed by atoms with Gasteiger partial charge in [-0.25, -0.2) is 0 Å². The van der Waals surface area contributed by atoms with Crippen LogP contribution < -0.4 is 9.47 Å². The number of rotatable bonds is 12. The van der Waals surface area contributed by atoms with Crippen LogP contribution in [-0.4, -0.2) is 13.2 Å². The Hall–Kier alpha value is -2.78. The van der Waals surface area contributed by atoms with Gasteiger partial charge in [-0.15, -0.1) is 11.3 Å². The molecule has 0 unspecified atom stereocenters. The number of benzene rings is 2. The van der Waals surface area contributed by atoms with Crippen LogP contribution in [0.2, 0.25) is 0 Å². The Morgan fingerprint density at radius 2 is 1.00 bits per heavy atom. The highest BCUT2D eigenvalue weighted by atomic mass is 32.1. The van der Waals surface area contributed by atoms with E-state index in [4.69, 9.17) is 9.47 Å². The van der Waals surface area contributed by atoms with Crippen molar-refractivity contribution in [2.45, 2.75) is 39.5 Å². The molecule has 2 nitrogen and oxygen atoms in total. The van der Waals surface area contributed by atoms with Crippen molar-refractivity contribution in [3.8, 4) is 32.4 Å². The zero-order valence-electron chi connectivity index (χ0n) is 18.6. The standard InChI is InChI=1S/C28H32O2S/c1-3-5-7-9-21-29-25-15-11-23(12-16-25)27-19-20-28(31-27)24-13-17-26(18-14-24)30-22-10-8-6-4-2/h7-20H,3-6,21-22H2,1-2H3. The first kappa shape index (κ1) is 22.9. The molecule has 3 aromatic rings. The molecule has 1 heterocycles. The Labute approximate surface area is 190 Å². The molecule has 0 saturated carbocycles. The summed E-state index contributed by atoms with van der Waals surface area (Å²) in [6.07, 6.45) is 13.1. The van der Waals surface area contributed by atoms with Gasteiger partial charge in [-0.2, -0.15) is 0 Å². The second kappa shape index (κ2) is 12.8. The molecule has 0 aliphatic rings. The number of ether oxygens (including phenoxy) is 2. The van der Waals surface area contributed by atoms with Crippen molar-refractivity contribution in [2.75, 3.05) is 13.2 Å². The van der Waals surface area contributed by atoms with Crippen LogP contribution >= 0.6 is 11.3 Å². The highest BCUT2D eigenvalue weighted by molar-refractivity contribution is 7.18. The largest absolute Gasteiger partial charge is 0.490 e. The van der Waals surface area contributed by atoms with Crippen molar-refractivity contribution in [1.29, 1.82) is 0 Å². The van der Waals surface area contributed by atoms with E-state index in [1.807, 2.05) is 24.3 Å². The first-order valence-corrected chi connectivity index (χ1v) is 12.0. The van der Waals surface area contributed by atoms with Crippen molar-refractivity contribution in [3.63, 3.8) is 0 Å². The van der Waals surface area contributed by atoms with E-state index in [9.17, 15) is 0 Å². The summed E-state index contributed by atoms with van der Waals surface area (Å²) in [6, 6.07) is 21.1. The van der Waals surface area contributed by atoms with Crippen LogP contribution in [0.5, 0.6) is 11.5 Å². The minimum atomic E-state index is 0.622. The van der Waals surface area contributed by atoms with E-state index in [-0.39, 0.29) is 0 Å². The summed E-state index contributed by atoms with van der Waals surface area (Å²) in [7, 11) is 0. The van der Waals surface area contributed by atoms with Crippen molar-refractivity contribution in [2.24, 2.45) is 0 Å². The van der Waals surface area contributed by atoms with E-state index in [2.05, 4.69) is 74.5 Å². The van der Waals surface area contributed by atoms with Crippen molar-refractivity contribution < 1.29 is 9.47 Å². The maximum absolute atomic E-state index is 5.78. The quantitative estimate of drug-likeness (QED) is 0.267. The lowest BCUT2D eigenvalue weighted by Gasteiger charge is -2.05. The van der Waals surface area contributed by atoms with E-state index in [0.29, 0.717) is 13.2 Å². The molecular weight excluding hydrogens is 400 g/mol. The van der Waals surface area contributed by atoms with Gasteiger partial charge < -0.3 is 9.47 Å². The molecule has 0 aliphatic heterocycles. The average molecular weight is 433 g/mol. The average Bonchev–Trinajstić information content (AvgIpc) is 3.30. The Balaban J connectivity index is 1.56. The van der Waals surface area contributed by atoms with E-state index in [0.717, 1.165) is 24.3 Å². The van der Waals surface area contributed by atoms with Gasteiger partial charge in [-0.3, -0.25) is 0 Å². The van der Waals surface area contributed by atoms with Gasteiger partial charge in [0.25, 0.3) is 0 Å². The van der Waals surface area contributed by atoms with Crippen LogP contribution in [0.4, 0.5) is 0 Å². The number of hydrogen-bond acceptors (Lipinski definition) is 3. The molecule has 0 radical (unpaired) electrons. The molecule has 0 bridgehead atoms. The molecule has 0 amide bonds. The molecule has 1 aromatic heterocycles. The third kappa shape index (κ3) is 7.45. The lowest BCUT2D eigenvalue weighted by molar-refractivity contribution is 0.362. The molecule has 2 aromatic carbocycles. The van der Waals surface area contributed by atoms with Gasteiger partial charge in [0, 0.05) is 9.75 Å². The predicted molar refractivity (Wildman–Crippen MR) is 134 cm³/mol. The fourth-order valence-electron chi connectivity index (χ4n) is 3.07. The molecule has 0 atom stereocenters. The Morgan fingerprint density at radius 3 is 1.39 bits per heavy atom. The third-order valence-corrected chi connectivity index (χ3v) is 6.00. The van der Waals surface area contributed by atoms with Crippen LogP contribution in [0.3, 0.4) is 0 Å². The lowest BCUT2D eigenvalue weighted by Crippen LogP contribution is -1.92. The summed E-state index contributed by atoms with van der Waals surface area (Å²) in [5.74, 6) is 1.81. The van der Waals surface area contributed by atoms with Crippen LogP contribution in [0.15, 0.2) is 85.0 Å². The predicted octanol–water partition coefficient (Wildman–Crippen LogP) is 8.55. The Kier molecular flexibility index (Phi) is 9.46. The van der Waals surface area contributed by atoms with Gasteiger partial charge in [0.2, 0.25) is 0 Å². The summed E-state index contributed by atoms with van der Waals surface area (Å²) in [6.45, 7) is 5.60. The summed E-state index contributed by atoms with van der Waals surface area (Å²) >= 11 is 1.80. The molecule has 3 heteroatoms. The number of allylic oxidation sites excluding steroid dienone is 2. The summed E-state index contributed by atoms with van der Waals surface area (Å²) in [5.41, 5.74) is 2.42. The van der Waals surface area contributed by atoms with Crippen LogP contribution in [0, 0.1) is 0 Å². The van der Waals surface area contributed by atoms with Crippen molar-refractivity contribution in [3.05, 3.63) is 85.0 Å². The van der Waals surface area contributed by atoms with Gasteiger partial charge in [-0.05, 0) is 84.6 Å². The molecule has 0 fully saturated rings. The van der Waals surface area contributed by atoms with E-state index < -0.39 is 0 Å². The monoisotopic (exact) mass is 432 g/mol. The third-order valence-electron chi connectivity index (χ3n) is 4.82. The highest BCUT2D eigenvalue weighted by Crippen LogP contribution is 2.35. The molecule has 31 heavy (non-hydrogen) atoms. The van der Waals surface area contributed by atoms with Crippen LogP contribution in [-0.2, 0) is 0 Å². The first-order chi connectivity index (χ1) is 15.3. The van der Waals surface area contributed by atoms with Crippen LogP contribution in [0.1, 0.15) is 39.5 Å². The van der Waals surface area contributed by atoms with Gasteiger partial charge in [0.15, 0.2) is 0 Å². The molecule has 0 spiro atoms. The van der Waals surface area contributed by atoms with E-state index in [1.165, 1.54) is 33.7 Å². The molecule has 162 valence electrons. The second-order valence-corrected chi connectivity index (χ2v) is 8.44. The summed E-state index contributed by atoms with van der Waals surface area (Å²) in [4.78, 5) is 2.51. The fourth-order valence-corrected chi connectivity index (χ4v) is 4.09. The second-order valence-electron chi connectivity index (χ2n) is 7.35. The van der Waals surface area contributed by atoms with Crippen molar-refractivity contribution in [1.82, 2.24) is 0 Å². The number of thiophene rings is 1. The maximum Gasteiger partial charge on any atom is 0.119 e. The smallest absolute Gasteiger partial charge is 0.119 e. The summed E-state index contributed by atoms with van der Waals surface area (Å²) < 4.78 is 11.6. The minimum Gasteiger partial charge on any atom is -0.490 e. The molecule has 3 rings (SSSR count). The van der Waals surface area contributed by atoms with Crippen molar-refractivity contribution >= 4 is 11.3 Å². The molecule has 0 N–H and O–H groups in total. The molecule has 0 aliphatic carbocycles. The van der Waals surface area contributed by atoms with Gasteiger partial charge in [0.1, 0.15) is 24.7 Å². The normalized spacial score (nSPS) is 11.4. The first-order valence-electron chi connectivity index (χ1n) is 11.2. The summed E-state index contributed by atoms with van der Waals surface area (Å²) in [5, 5.41) is 0. The molecule has 0 saturated heterocycles. The van der Waals surface area contributed by atoms with Crippen LogP contribution in [0.25, 0.3) is 20.9 Å². The van der Waals surface area contributed by atoms with E-state index >= 15 is 0 Å². The zero-order chi connectivity index (χ0) is 21.7. The van der Waals surface area contributed by atoms with Gasteiger partial charge in [-0.1, -0.05) is 51.0 Å². The number of hydrogen-bond donors (Lipinski definition) is 0. The Morgan fingerprint density at radius 1 is 0.581 bits per heavy atom. The Bertz CT molecular complexity index is 871. The van der Waals surface area contributed by atoms with E-state index in [1.54, 1.807) is 11.3 Å². The van der Waals surface area contributed by atoms with Gasteiger partial charge >= 0.3 is 0 Å². The lowest BCUT2D eigenvalue weighted by atomic mass is 10.1. The zero-order valence-corrected chi connectivity index (χ0v) is 19.4.